The van der Waals surface area contributed by atoms with Gasteiger partial charge in [0.25, 0.3) is 0 Å². The molecule has 0 bridgehead atoms. The van der Waals surface area contributed by atoms with Gasteiger partial charge in [0, 0.05) is 18.7 Å². The monoisotopic (exact) mass is 352 g/mol. The first-order chi connectivity index (χ1) is 12.8. The van der Waals surface area contributed by atoms with Gasteiger partial charge in [-0.25, -0.2) is 0 Å². The highest BCUT2D eigenvalue weighted by atomic mass is 16.3. The zero-order valence-corrected chi connectivity index (χ0v) is 14.8. The minimum atomic E-state index is 0.246. The molecule has 0 unspecified atom stereocenters. The summed E-state index contributed by atoms with van der Waals surface area (Å²) in [6.45, 7) is 4.06. The largest absolute Gasteiger partial charge is 0.395 e. The van der Waals surface area contributed by atoms with Crippen molar-refractivity contribution < 1.29 is 5.11 Å². The van der Waals surface area contributed by atoms with Crippen molar-refractivity contribution in [2.75, 3.05) is 38.1 Å². The Bertz CT molecular complexity index is 842. The van der Waals surface area contributed by atoms with E-state index in [9.17, 15) is 0 Å². The molecule has 0 saturated carbocycles. The lowest BCUT2D eigenvalue weighted by Crippen LogP contribution is -2.37. The molecule has 7 heteroatoms. The van der Waals surface area contributed by atoms with E-state index in [-0.39, 0.29) is 6.61 Å². The van der Waals surface area contributed by atoms with Crippen LogP contribution in [0.1, 0.15) is 12.8 Å². The van der Waals surface area contributed by atoms with Crippen LogP contribution in [-0.4, -0.2) is 62.6 Å². The number of likely N-dealkylation sites (tertiary alicyclic amines) is 1. The Morgan fingerprint density at radius 2 is 1.85 bits per heavy atom. The van der Waals surface area contributed by atoms with E-state index >= 15 is 0 Å². The average molecular weight is 352 g/mol. The molecule has 26 heavy (non-hydrogen) atoms. The van der Waals surface area contributed by atoms with Gasteiger partial charge in [0.1, 0.15) is 5.82 Å². The fourth-order valence-electron chi connectivity index (χ4n) is 3.45. The van der Waals surface area contributed by atoms with Crippen LogP contribution in [0, 0.1) is 5.92 Å². The van der Waals surface area contributed by atoms with Crippen molar-refractivity contribution in [1.29, 1.82) is 0 Å². The maximum Gasteiger partial charge on any atom is 0.185 e. The molecule has 1 aliphatic heterocycles. The van der Waals surface area contributed by atoms with Crippen molar-refractivity contribution >= 4 is 11.5 Å². The molecule has 2 aromatic heterocycles. The summed E-state index contributed by atoms with van der Waals surface area (Å²) in [6, 6.07) is 13.9. The first kappa shape index (κ1) is 16.9. The second-order valence-electron chi connectivity index (χ2n) is 6.77. The van der Waals surface area contributed by atoms with Gasteiger partial charge < -0.3 is 15.3 Å². The van der Waals surface area contributed by atoms with Crippen LogP contribution in [0.2, 0.25) is 0 Å². The van der Waals surface area contributed by atoms with Gasteiger partial charge in [0.15, 0.2) is 11.5 Å². The average Bonchev–Trinajstić information content (AvgIpc) is 3.12. The summed E-state index contributed by atoms with van der Waals surface area (Å²) in [5.74, 6) is 2.23. The number of aromatic nitrogens is 4. The topological polar surface area (TPSA) is 78.6 Å². The quantitative estimate of drug-likeness (QED) is 0.706. The number of fused-ring (bicyclic) bond motifs is 1. The zero-order valence-electron chi connectivity index (χ0n) is 14.8. The lowest BCUT2D eigenvalue weighted by Gasteiger charge is -2.31. The fourth-order valence-corrected chi connectivity index (χ4v) is 3.45. The van der Waals surface area contributed by atoms with E-state index < -0.39 is 0 Å². The highest BCUT2D eigenvalue weighted by Gasteiger charge is 2.18. The number of hydrogen-bond donors (Lipinski definition) is 2. The van der Waals surface area contributed by atoms with Crippen LogP contribution in [0.5, 0.6) is 0 Å². The molecular weight excluding hydrogens is 328 g/mol. The Balaban J connectivity index is 1.43. The predicted octanol–water partition coefficient (Wildman–Crippen LogP) is 1.91. The summed E-state index contributed by atoms with van der Waals surface area (Å²) in [5, 5.41) is 25.7. The minimum absolute atomic E-state index is 0.246. The molecule has 3 heterocycles. The molecule has 7 nitrogen and oxygen atoms in total. The SMILES string of the molecule is OCCN1CCC(CNc2ccc3nnc(-c4ccccc4)n3n2)CC1. The minimum Gasteiger partial charge on any atom is -0.395 e. The number of nitrogens with zero attached hydrogens (tertiary/aromatic N) is 5. The van der Waals surface area contributed by atoms with Crippen LogP contribution >= 0.6 is 0 Å². The van der Waals surface area contributed by atoms with Crippen molar-refractivity contribution in [2.24, 2.45) is 5.92 Å². The zero-order chi connectivity index (χ0) is 17.8. The summed E-state index contributed by atoms with van der Waals surface area (Å²) in [5.41, 5.74) is 1.74. The summed E-state index contributed by atoms with van der Waals surface area (Å²) >= 11 is 0. The van der Waals surface area contributed by atoms with E-state index in [0.29, 0.717) is 5.92 Å². The summed E-state index contributed by atoms with van der Waals surface area (Å²) in [7, 11) is 0. The third-order valence-electron chi connectivity index (χ3n) is 4.99. The van der Waals surface area contributed by atoms with Crippen LogP contribution in [0.15, 0.2) is 42.5 Å². The molecule has 0 amide bonds. The molecule has 0 radical (unpaired) electrons. The maximum atomic E-state index is 9.04. The van der Waals surface area contributed by atoms with Gasteiger partial charge in [-0.1, -0.05) is 30.3 Å². The van der Waals surface area contributed by atoms with Crippen LogP contribution in [0.4, 0.5) is 5.82 Å². The number of aliphatic hydroxyl groups is 1. The van der Waals surface area contributed by atoms with Crippen LogP contribution in [-0.2, 0) is 0 Å². The number of piperidine rings is 1. The van der Waals surface area contributed by atoms with Gasteiger partial charge >= 0.3 is 0 Å². The van der Waals surface area contributed by atoms with Crippen LogP contribution in [0.3, 0.4) is 0 Å². The summed E-state index contributed by atoms with van der Waals surface area (Å²) in [6.07, 6.45) is 2.30. The van der Waals surface area contributed by atoms with Gasteiger partial charge in [-0.3, -0.25) is 0 Å². The number of anilines is 1. The Morgan fingerprint density at radius 1 is 1.04 bits per heavy atom. The Labute approximate surface area is 152 Å². The van der Waals surface area contributed by atoms with Crippen molar-refractivity contribution in [3.63, 3.8) is 0 Å². The highest BCUT2D eigenvalue weighted by molar-refractivity contribution is 5.59. The third kappa shape index (κ3) is 3.68. The molecule has 2 N–H and O–H groups in total. The summed E-state index contributed by atoms with van der Waals surface area (Å²) in [4.78, 5) is 2.32. The lowest BCUT2D eigenvalue weighted by molar-refractivity contribution is 0.151. The predicted molar refractivity (Wildman–Crippen MR) is 101 cm³/mol. The fraction of sp³-hybridized carbons (Fsp3) is 0.421. The molecule has 1 saturated heterocycles. The van der Waals surface area contributed by atoms with Crippen molar-refractivity contribution in [3.05, 3.63) is 42.5 Å². The van der Waals surface area contributed by atoms with Gasteiger partial charge in [-0.15, -0.1) is 15.3 Å². The van der Waals surface area contributed by atoms with Gasteiger partial charge in [-0.2, -0.15) is 4.52 Å². The molecule has 4 rings (SSSR count). The van der Waals surface area contributed by atoms with Crippen molar-refractivity contribution in [3.8, 4) is 11.4 Å². The number of nitrogens with one attached hydrogen (secondary N) is 1. The van der Waals surface area contributed by atoms with E-state index in [1.54, 1.807) is 4.52 Å². The molecule has 0 atom stereocenters. The molecule has 1 fully saturated rings. The molecule has 1 aliphatic rings. The first-order valence-corrected chi connectivity index (χ1v) is 9.18. The molecule has 0 aliphatic carbocycles. The first-order valence-electron chi connectivity index (χ1n) is 9.18. The third-order valence-corrected chi connectivity index (χ3v) is 4.99. The van der Waals surface area contributed by atoms with Gasteiger partial charge in [0.2, 0.25) is 0 Å². The van der Waals surface area contributed by atoms with E-state index in [2.05, 4.69) is 25.5 Å². The Hall–Kier alpha value is -2.51. The van der Waals surface area contributed by atoms with Crippen LogP contribution in [0.25, 0.3) is 17.0 Å². The van der Waals surface area contributed by atoms with E-state index in [0.717, 1.165) is 61.9 Å². The number of hydrogen-bond acceptors (Lipinski definition) is 6. The number of β-amino-alcohol motifs (C(OH)–C–C–N with tert-alkyl or cyclic N) is 1. The molecule has 1 aromatic carbocycles. The Kier molecular flexibility index (Phi) is 5.08. The van der Waals surface area contributed by atoms with E-state index in [1.165, 1.54) is 0 Å². The highest BCUT2D eigenvalue weighted by Crippen LogP contribution is 2.20. The number of rotatable bonds is 6. The Morgan fingerprint density at radius 3 is 2.62 bits per heavy atom. The normalized spacial score (nSPS) is 16.2. The second-order valence-corrected chi connectivity index (χ2v) is 6.77. The number of benzene rings is 1. The molecular formula is C19H24N6O. The molecule has 136 valence electrons. The van der Waals surface area contributed by atoms with E-state index in [1.807, 2.05) is 42.5 Å². The van der Waals surface area contributed by atoms with Gasteiger partial charge in [-0.05, 0) is 44.0 Å². The lowest BCUT2D eigenvalue weighted by atomic mass is 9.97. The molecule has 0 spiro atoms. The standard InChI is InChI=1S/C19H24N6O/c26-13-12-24-10-8-15(9-11-24)14-20-17-6-7-18-21-22-19(25(18)23-17)16-4-2-1-3-5-16/h1-7,15,26H,8-14H2,(H,20,23). The maximum absolute atomic E-state index is 9.04. The van der Waals surface area contributed by atoms with E-state index in [4.69, 9.17) is 5.11 Å². The molecule has 3 aromatic rings. The van der Waals surface area contributed by atoms with Crippen molar-refractivity contribution in [2.45, 2.75) is 12.8 Å². The van der Waals surface area contributed by atoms with Crippen molar-refractivity contribution in [1.82, 2.24) is 24.7 Å². The number of aliphatic hydroxyl groups excluding tert-OH is 1. The second kappa shape index (κ2) is 7.80. The summed E-state index contributed by atoms with van der Waals surface area (Å²) < 4.78 is 1.79. The van der Waals surface area contributed by atoms with Gasteiger partial charge in [0.05, 0.1) is 6.61 Å². The smallest absolute Gasteiger partial charge is 0.185 e. The van der Waals surface area contributed by atoms with Crippen LogP contribution < -0.4 is 5.32 Å².